The predicted octanol–water partition coefficient (Wildman–Crippen LogP) is 5.99. The summed E-state index contributed by atoms with van der Waals surface area (Å²) in [6.45, 7) is 0.804. The van der Waals surface area contributed by atoms with Gasteiger partial charge in [-0.3, -0.25) is 0 Å². The second-order valence-electron chi connectivity index (χ2n) is 10.4. The third-order valence-electron chi connectivity index (χ3n) is 7.39. The maximum Gasteiger partial charge on any atom is 0.129 e. The first-order valence-electron chi connectivity index (χ1n) is 14.2. The lowest BCUT2D eigenvalue weighted by molar-refractivity contribution is -0.251. The highest BCUT2D eigenvalue weighted by atomic mass is 32.1. The maximum absolute atomic E-state index is 10.2. The van der Waals surface area contributed by atoms with Gasteiger partial charge >= 0.3 is 0 Å². The second-order valence-corrected chi connectivity index (χ2v) is 10.9. The lowest BCUT2D eigenvalue weighted by Crippen LogP contribution is -2.59. The van der Waals surface area contributed by atoms with Crippen molar-refractivity contribution in [1.82, 2.24) is 0 Å². The van der Waals surface area contributed by atoms with Gasteiger partial charge in [-0.1, -0.05) is 97.1 Å². The van der Waals surface area contributed by atoms with Gasteiger partial charge in [0.1, 0.15) is 35.6 Å². The zero-order valence-corrected chi connectivity index (χ0v) is 24.6. The zero-order valence-electron chi connectivity index (χ0n) is 23.8. The molecular formula is C35H38O6S. The van der Waals surface area contributed by atoms with E-state index >= 15 is 0 Å². The van der Waals surface area contributed by atoms with Gasteiger partial charge in [0.2, 0.25) is 0 Å². The summed E-state index contributed by atoms with van der Waals surface area (Å²) in [4.78, 5) is 0. The molecule has 0 radical (unpaired) electrons. The fraction of sp³-hybridized carbons (Fsp3) is 0.314. The average molecular weight is 587 g/mol. The quantitative estimate of drug-likeness (QED) is 0.188. The lowest BCUT2D eigenvalue weighted by atomic mass is 9.98. The van der Waals surface area contributed by atoms with Crippen molar-refractivity contribution in [1.29, 1.82) is 0 Å². The third kappa shape index (κ3) is 8.22. The van der Waals surface area contributed by atoms with Crippen molar-refractivity contribution in [2.75, 3.05) is 13.7 Å². The number of hydrogen-bond acceptors (Lipinski definition) is 7. The molecule has 220 valence electrons. The molecule has 0 unspecified atom stereocenters. The van der Waals surface area contributed by atoms with Crippen LogP contribution in [0.5, 0.6) is 5.75 Å². The van der Waals surface area contributed by atoms with Gasteiger partial charge in [-0.15, -0.1) is 12.6 Å². The van der Waals surface area contributed by atoms with E-state index in [4.69, 9.17) is 36.3 Å². The minimum absolute atomic E-state index is 0.226. The second kappa shape index (κ2) is 15.3. The van der Waals surface area contributed by atoms with E-state index in [9.17, 15) is 5.11 Å². The molecule has 42 heavy (non-hydrogen) atoms. The normalized spacial score (nSPS) is 22.1. The summed E-state index contributed by atoms with van der Waals surface area (Å²) in [6, 6.07) is 36.5. The number of ether oxygens (including phenoxy) is 5. The molecule has 4 aromatic rings. The first-order valence-corrected chi connectivity index (χ1v) is 14.7. The number of methoxy groups -OCH3 is 1. The van der Waals surface area contributed by atoms with Gasteiger partial charge in [-0.2, -0.15) is 0 Å². The number of benzene rings is 4. The average Bonchev–Trinajstić information content (AvgIpc) is 3.04. The molecular weight excluding hydrogens is 548 g/mol. The van der Waals surface area contributed by atoms with E-state index in [1.54, 1.807) is 7.11 Å². The van der Waals surface area contributed by atoms with Crippen LogP contribution in [0.3, 0.4) is 0 Å². The van der Waals surface area contributed by atoms with Crippen LogP contribution in [0.4, 0.5) is 0 Å². The summed E-state index contributed by atoms with van der Waals surface area (Å²) in [5.41, 5.74) is 4.92. The SMILES string of the molecule is COc1ccc(CO[C@@H]2[C@@H](OCc3ccc(Cc4ccccc4)cc3)[C@@H](OCc3ccccc3)[C@@H](CO)O[C@H]2S)cc1. The number of thiol groups is 1. The molecule has 1 fully saturated rings. The van der Waals surface area contributed by atoms with Gasteiger partial charge in [-0.25, -0.2) is 0 Å². The van der Waals surface area contributed by atoms with Gasteiger partial charge in [0.15, 0.2) is 0 Å². The van der Waals surface area contributed by atoms with Gasteiger partial charge < -0.3 is 28.8 Å². The first kappa shape index (κ1) is 30.3. The minimum Gasteiger partial charge on any atom is -0.497 e. The number of aliphatic hydroxyl groups is 1. The molecule has 0 spiro atoms. The van der Waals surface area contributed by atoms with E-state index in [2.05, 4.69) is 48.5 Å². The van der Waals surface area contributed by atoms with Crippen LogP contribution >= 0.6 is 12.6 Å². The Bertz CT molecular complexity index is 1330. The van der Waals surface area contributed by atoms with E-state index in [0.29, 0.717) is 19.8 Å². The van der Waals surface area contributed by atoms with Crippen LogP contribution in [0, 0.1) is 0 Å². The molecule has 4 aromatic carbocycles. The van der Waals surface area contributed by atoms with Crippen molar-refractivity contribution in [2.45, 2.75) is 56.1 Å². The Morgan fingerprint density at radius 2 is 1.05 bits per heavy atom. The van der Waals surface area contributed by atoms with Gasteiger partial charge in [-0.05, 0) is 46.4 Å². The number of rotatable bonds is 13. The molecule has 0 aliphatic carbocycles. The summed E-state index contributed by atoms with van der Waals surface area (Å²) in [5.74, 6) is 0.781. The Balaban J connectivity index is 1.31. The fourth-order valence-electron chi connectivity index (χ4n) is 5.07. The smallest absolute Gasteiger partial charge is 0.129 e. The van der Waals surface area contributed by atoms with E-state index in [-0.39, 0.29) is 6.61 Å². The van der Waals surface area contributed by atoms with Crippen LogP contribution in [0.25, 0.3) is 0 Å². The van der Waals surface area contributed by atoms with E-state index in [0.717, 1.165) is 28.9 Å². The summed E-state index contributed by atoms with van der Waals surface area (Å²) < 4.78 is 30.7. The molecule has 1 aliphatic heterocycles. The van der Waals surface area contributed by atoms with Gasteiger partial charge in [0.05, 0.1) is 33.5 Å². The molecule has 0 saturated carbocycles. The summed E-state index contributed by atoms with van der Waals surface area (Å²) in [7, 11) is 1.64. The maximum atomic E-state index is 10.2. The lowest BCUT2D eigenvalue weighted by Gasteiger charge is -2.44. The molecule has 0 aromatic heterocycles. The fourth-order valence-corrected chi connectivity index (χ4v) is 5.48. The number of aliphatic hydroxyl groups excluding tert-OH is 1. The van der Waals surface area contributed by atoms with Gasteiger partial charge in [0.25, 0.3) is 0 Å². The summed E-state index contributed by atoms with van der Waals surface area (Å²) in [5, 5.41) is 10.2. The standard InChI is InChI=1S/C35H38O6S/c1-37-30-18-16-29(17-19-30)24-40-34-33(32(31(21-36)41-35(34)42)38-22-27-10-6-3-7-11-27)39-23-28-14-12-26(13-15-28)20-25-8-4-2-5-9-25/h2-19,31-36,42H,20-24H2,1H3/t31-,32+,33+,34-,35+/m1/s1. The minimum atomic E-state index is -0.616. The Labute approximate surface area is 253 Å². The molecule has 1 aliphatic rings. The van der Waals surface area contributed by atoms with Crippen LogP contribution in [0.2, 0.25) is 0 Å². The first-order chi connectivity index (χ1) is 20.6. The van der Waals surface area contributed by atoms with E-state index < -0.39 is 29.9 Å². The van der Waals surface area contributed by atoms with Crippen LogP contribution in [0.1, 0.15) is 27.8 Å². The Hall–Kier alpha value is -3.17. The number of hydrogen-bond donors (Lipinski definition) is 2. The highest BCUT2D eigenvalue weighted by Gasteiger charge is 2.47. The molecule has 5 atom stereocenters. The Morgan fingerprint density at radius 3 is 1.62 bits per heavy atom. The van der Waals surface area contributed by atoms with Crippen LogP contribution in [-0.4, -0.2) is 48.7 Å². The largest absolute Gasteiger partial charge is 0.497 e. The van der Waals surface area contributed by atoms with E-state index in [1.165, 1.54) is 11.1 Å². The van der Waals surface area contributed by atoms with Crippen molar-refractivity contribution < 1.29 is 28.8 Å². The molecule has 0 amide bonds. The summed E-state index contributed by atoms with van der Waals surface area (Å²) in [6.07, 6.45) is -1.40. The summed E-state index contributed by atoms with van der Waals surface area (Å²) >= 11 is 4.71. The van der Waals surface area contributed by atoms with Crippen molar-refractivity contribution in [3.8, 4) is 5.75 Å². The van der Waals surface area contributed by atoms with Crippen LogP contribution in [-0.2, 0) is 45.2 Å². The monoisotopic (exact) mass is 586 g/mol. The van der Waals surface area contributed by atoms with Crippen molar-refractivity contribution in [3.63, 3.8) is 0 Å². The Morgan fingerprint density at radius 1 is 0.595 bits per heavy atom. The molecule has 7 heteroatoms. The van der Waals surface area contributed by atoms with Gasteiger partial charge in [0, 0.05) is 0 Å². The van der Waals surface area contributed by atoms with Crippen molar-refractivity contribution in [2.24, 2.45) is 0 Å². The molecule has 5 rings (SSSR count). The van der Waals surface area contributed by atoms with Crippen LogP contribution in [0.15, 0.2) is 109 Å². The highest BCUT2D eigenvalue weighted by molar-refractivity contribution is 7.80. The van der Waals surface area contributed by atoms with Crippen LogP contribution < -0.4 is 4.74 Å². The highest BCUT2D eigenvalue weighted by Crippen LogP contribution is 2.32. The Kier molecular flexibility index (Phi) is 11.1. The molecule has 6 nitrogen and oxygen atoms in total. The predicted molar refractivity (Wildman–Crippen MR) is 166 cm³/mol. The topological polar surface area (TPSA) is 66.4 Å². The molecule has 1 heterocycles. The van der Waals surface area contributed by atoms with Crippen molar-refractivity contribution in [3.05, 3.63) is 137 Å². The molecule has 1 saturated heterocycles. The molecule has 0 bridgehead atoms. The zero-order chi connectivity index (χ0) is 29.1. The molecule has 1 N–H and O–H groups in total. The van der Waals surface area contributed by atoms with Crippen molar-refractivity contribution >= 4 is 12.6 Å². The van der Waals surface area contributed by atoms with E-state index in [1.807, 2.05) is 60.7 Å². The third-order valence-corrected chi connectivity index (χ3v) is 7.81.